The zero-order valence-electron chi connectivity index (χ0n) is 18.8. The number of hydrogen-bond donors (Lipinski definition) is 1. The van der Waals surface area contributed by atoms with Crippen molar-refractivity contribution in [3.8, 4) is 5.75 Å². The number of phenolic OH excluding ortho intramolecular Hbond substituents is 1. The van der Waals surface area contributed by atoms with Gasteiger partial charge in [0.2, 0.25) is 0 Å². The molecule has 0 aromatic heterocycles. The lowest BCUT2D eigenvalue weighted by atomic mass is 9.55. The zero-order chi connectivity index (χ0) is 20.6. The lowest BCUT2D eigenvalue weighted by Crippen LogP contribution is -2.40. The predicted molar refractivity (Wildman–Crippen MR) is 120 cm³/mol. The molecule has 4 rings (SSSR count). The summed E-state index contributed by atoms with van der Waals surface area (Å²) in [6.07, 6.45) is 10.9. The molecule has 0 amide bonds. The lowest BCUT2D eigenvalue weighted by Gasteiger charge is -2.49. The van der Waals surface area contributed by atoms with Gasteiger partial charge in [0, 0.05) is 6.54 Å². The summed E-state index contributed by atoms with van der Waals surface area (Å²) < 4.78 is 5.88. The molecule has 2 saturated carbocycles. The highest BCUT2D eigenvalue weighted by Crippen LogP contribution is 2.62. The summed E-state index contributed by atoms with van der Waals surface area (Å²) in [6, 6.07) is 4.41. The number of fused-ring (bicyclic) bond motifs is 5. The third-order valence-corrected chi connectivity index (χ3v) is 8.28. The smallest absolute Gasteiger partial charge is 0.119 e. The molecule has 0 aliphatic heterocycles. The molecule has 29 heavy (non-hydrogen) atoms. The first kappa shape index (κ1) is 20.9. The molecule has 3 nitrogen and oxygen atoms in total. The average Bonchev–Trinajstić information content (AvgIpc) is 3.03. The van der Waals surface area contributed by atoms with Gasteiger partial charge in [0.25, 0.3) is 0 Å². The summed E-state index contributed by atoms with van der Waals surface area (Å²) in [5, 5.41) is 10.3. The second kappa shape index (κ2) is 8.43. The fraction of sp³-hybridized carbons (Fsp3) is 0.692. The Labute approximate surface area is 177 Å². The summed E-state index contributed by atoms with van der Waals surface area (Å²) in [6.45, 7) is 7.25. The SMILES string of the molecule is CCc1cc2c(cc1O)CCC1C2CCC2(C)/C(=C/COCCN(C)C)CCC12. The Morgan fingerprint density at radius 3 is 2.79 bits per heavy atom. The molecule has 0 radical (unpaired) electrons. The van der Waals surface area contributed by atoms with Gasteiger partial charge in [-0.2, -0.15) is 0 Å². The fourth-order valence-electron chi connectivity index (χ4n) is 6.61. The number of allylic oxidation sites excluding steroid dienone is 1. The number of hydrogen-bond acceptors (Lipinski definition) is 3. The molecule has 3 aliphatic carbocycles. The monoisotopic (exact) mass is 397 g/mol. The Balaban J connectivity index is 1.49. The Morgan fingerprint density at radius 2 is 2.03 bits per heavy atom. The van der Waals surface area contributed by atoms with Gasteiger partial charge >= 0.3 is 0 Å². The molecule has 2 fully saturated rings. The molecule has 1 aromatic rings. The van der Waals surface area contributed by atoms with Gasteiger partial charge < -0.3 is 14.7 Å². The number of nitrogens with zero attached hydrogens (tertiary/aromatic N) is 1. The van der Waals surface area contributed by atoms with Crippen LogP contribution in [0.5, 0.6) is 5.75 Å². The molecule has 3 aliphatic rings. The van der Waals surface area contributed by atoms with Gasteiger partial charge in [0.1, 0.15) is 5.75 Å². The van der Waals surface area contributed by atoms with Crippen LogP contribution in [-0.2, 0) is 17.6 Å². The Kier molecular flexibility index (Phi) is 6.09. The molecule has 3 heteroatoms. The highest BCUT2D eigenvalue weighted by Gasteiger charge is 2.52. The highest BCUT2D eigenvalue weighted by atomic mass is 16.5. The van der Waals surface area contributed by atoms with Crippen LogP contribution in [0.1, 0.15) is 68.6 Å². The number of rotatable bonds is 6. The molecule has 0 saturated heterocycles. The van der Waals surface area contributed by atoms with Crippen LogP contribution >= 0.6 is 0 Å². The van der Waals surface area contributed by atoms with Gasteiger partial charge in [-0.05, 0) is 105 Å². The van der Waals surface area contributed by atoms with Crippen molar-refractivity contribution in [2.45, 2.75) is 64.7 Å². The predicted octanol–water partition coefficient (Wildman–Crippen LogP) is 5.32. The molecule has 1 aromatic carbocycles. The summed E-state index contributed by atoms with van der Waals surface area (Å²) in [5.74, 6) is 2.81. The van der Waals surface area contributed by atoms with E-state index in [1.165, 1.54) is 37.7 Å². The lowest BCUT2D eigenvalue weighted by molar-refractivity contribution is 0.0801. The van der Waals surface area contributed by atoms with Gasteiger partial charge in [-0.25, -0.2) is 0 Å². The van der Waals surface area contributed by atoms with E-state index in [2.05, 4.69) is 51.1 Å². The quantitative estimate of drug-likeness (QED) is 0.521. The highest BCUT2D eigenvalue weighted by molar-refractivity contribution is 5.46. The van der Waals surface area contributed by atoms with Crippen molar-refractivity contribution in [3.63, 3.8) is 0 Å². The van der Waals surface area contributed by atoms with E-state index in [-0.39, 0.29) is 0 Å². The Bertz CT molecular complexity index is 768. The number of phenols is 1. The van der Waals surface area contributed by atoms with Crippen LogP contribution in [0, 0.1) is 17.3 Å². The number of benzene rings is 1. The van der Waals surface area contributed by atoms with Crippen molar-refractivity contribution in [3.05, 3.63) is 40.5 Å². The van der Waals surface area contributed by atoms with Crippen LogP contribution in [0.25, 0.3) is 0 Å². The van der Waals surface area contributed by atoms with Crippen molar-refractivity contribution in [1.82, 2.24) is 4.90 Å². The van der Waals surface area contributed by atoms with E-state index in [1.807, 2.05) is 0 Å². The number of likely N-dealkylation sites (N-methyl/N-ethyl adjacent to an activating group) is 1. The fourth-order valence-corrected chi connectivity index (χ4v) is 6.61. The summed E-state index contributed by atoms with van der Waals surface area (Å²) >= 11 is 0. The van der Waals surface area contributed by atoms with Crippen molar-refractivity contribution >= 4 is 0 Å². The van der Waals surface area contributed by atoms with Crippen LogP contribution < -0.4 is 0 Å². The standard InChI is InChI=1S/C26H39NO2/c1-5-18-16-23-19(17-25(18)28)6-8-22-21(23)10-12-26(2)20(7-9-24(22)26)11-14-29-15-13-27(3)4/h11,16-17,21-22,24,28H,5-10,12-15H2,1-4H3/b20-11+. The first-order chi connectivity index (χ1) is 13.9. The van der Waals surface area contributed by atoms with Gasteiger partial charge in [0.05, 0.1) is 13.2 Å². The van der Waals surface area contributed by atoms with Gasteiger partial charge in [0.15, 0.2) is 0 Å². The molecule has 4 unspecified atom stereocenters. The second-order valence-corrected chi connectivity index (χ2v) is 10.1. The summed E-state index contributed by atoms with van der Waals surface area (Å²) in [7, 11) is 4.19. The molecule has 1 N–H and O–H groups in total. The van der Waals surface area contributed by atoms with E-state index in [4.69, 9.17) is 4.74 Å². The number of aryl methyl sites for hydroxylation is 2. The van der Waals surface area contributed by atoms with Gasteiger partial charge in [-0.3, -0.25) is 0 Å². The van der Waals surface area contributed by atoms with Crippen LogP contribution in [0.15, 0.2) is 23.8 Å². The maximum atomic E-state index is 10.3. The minimum Gasteiger partial charge on any atom is -0.508 e. The van der Waals surface area contributed by atoms with Crippen LogP contribution in [-0.4, -0.2) is 43.9 Å². The second-order valence-electron chi connectivity index (χ2n) is 10.1. The van der Waals surface area contributed by atoms with Crippen molar-refractivity contribution in [1.29, 1.82) is 0 Å². The van der Waals surface area contributed by atoms with Crippen molar-refractivity contribution in [2.24, 2.45) is 17.3 Å². The number of ether oxygens (including phenoxy) is 1. The maximum Gasteiger partial charge on any atom is 0.119 e. The van der Waals surface area contributed by atoms with Crippen LogP contribution in [0.3, 0.4) is 0 Å². The normalized spacial score (nSPS) is 32.3. The molecule has 4 atom stereocenters. The minimum absolute atomic E-state index is 0.369. The molecule has 160 valence electrons. The molecule has 0 spiro atoms. The molecule has 0 heterocycles. The minimum atomic E-state index is 0.369. The van der Waals surface area contributed by atoms with E-state index in [0.717, 1.165) is 50.0 Å². The third kappa shape index (κ3) is 3.88. The van der Waals surface area contributed by atoms with Crippen molar-refractivity contribution < 1.29 is 9.84 Å². The van der Waals surface area contributed by atoms with E-state index in [9.17, 15) is 5.11 Å². The molecule has 0 bridgehead atoms. The van der Waals surface area contributed by atoms with Crippen LogP contribution in [0.2, 0.25) is 0 Å². The maximum absolute atomic E-state index is 10.3. The topological polar surface area (TPSA) is 32.7 Å². The Morgan fingerprint density at radius 1 is 1.21 bits per heavy atom. The van der Waals surface area contributed by atoms with E-state index >= 15 is 0 Å². The largest absolute Gasteiger partial charge is 0.508 e. The van der Waals surface area contributed by atoms with E-state index in [1.54, 1.807) is 11.1 Å². The first-order valence-corrected chi connectivity index (χ1v) is 11.7. The van der Waals surface area contributed by atoms with Crippen molar-refractivity contribution in [2.75, 3.05) is 33.9 Å². The number of aromatic hydroxyl groups is 1. The summed E-state index contributed by atoms with van der Waals surface area (Å²) in [5.41, 5.74) is 6.12. The molecular weight excluding hydrogens is 358 g/mol. The third-order valence-electron chi connectivity index (χ3n) is 8.28. The first-order valence-electron chi connectivity index (χ1n) is 11.7. The van der Waals surface area contributed by atoms with E-state index in [0.29, 0.717) is 17.1 Å². The van der Waals surface area contributed by atoms with Gasteiger partial charge in [-0.15, -0.1) is 0 Å². The zero-order valence-corrected chi connectivity index (χ0v) is 18.8. The average molecular weight is 398 g/mol. The van der Waals surface area contributed by atoms with Gasteiger partial charge in [-0.1, -0.05) is 31.6 Å². The van der Waals surface area contributed by atoms with Crippen LogP contribution in [0.4, 0.5) is 0 Å². The summed E-state index contributed by atoms with van der Waals surface area (Å²) in [4.78, 5) is 2.17. The molecular formula is C26H39NO2. The van der Waals surface area contributed by atoms with E-state index < -0.39 is 0 Å². The Hall–Kier alpha value is -1.32.